The Labute approximate surface area is 203 Å². The van der Waals surface area contributed by atoms with E-state index in [-0.39, 0.29) is 12.5 Å². The summed E-state index contributed by atoms with van der Waals surface area (Å²) in [7, 11) is 5.42. The van der Waals surface area contributed by atoms with Gasteiger partial charge in [-0.2, -0.15) is 0 Å². The third kappa shape index (κ3) is 4.97. The Morgan fingerprint density at radius 1 is 1.12 bits per heavy atom. The molecule has 0 aliphatic rings. The van der Waals surface area contributed by atoms with Crippen LogP contribution in [0.1, 0.15) is 29.0 Å². The number of nitrogens with zero attached hydrogens (tertiary/aromatic N) is 4. The van der Waals surface area contributed by atoms with Gasteiger partial charge in [-0.05, 0) is 49.8 Å². The van der Waals surface area contributed by atoms with Crippen LogP contribution < -0.4 is 9.47 Å². The molecule has 0 atom stereocenters. The SMILES string of the molecule is CCOc1cc(/C=C(\c2nc(C)cs2)c2nc3ccccc3n2C)ccc1OCC(=O)N(C)C. The van der Waals surface area contributed by atoms with Gasteiger partial charge in [0.15, 0.2) is 18.1 Å². The van der Waals surface area contributed by atoms with Gasteiger partial charge in [-0.15, -0.1) is 11.3 Å². The van der Waals surface area contributed by atoms with Crippen LogP contribution in [0.4, 0.5) is 0 Å². The predicted octanol–water partition coefficient (Wildman–Crippen LogP) is 4.79. The van der Waals surface area contributed by atoms with E-state index >= 15 is 0 Å². The van der Waals surface area contributed by atoms with Crippen molar-refractivity contribution >= 4 is 39.9 Å². The molecule has 0 spiro atoms. The Morgan fingerprint density at radius 2 is 1.91 bits per heavy atom. The van der Waals surface area contributed by atoms with Crippen LogP contribution >= 0.6 is 11.3 Å². The normalized spacial score (nSPS) is 11.6. The number of likely N-dealkylation sites (N-methyl/N-ethyl adjacent to an activating group) is 1. The highest BCUT2D eigenvalue weighted by Crippen LogP contribution is 2.33. The number of amides is 1. The molecule has 2 aromatic carbocycles. The Morgan fingerprint density at radius 3 is 2.59 bits per heavy atom. The lowest BCUT2D eigenvalue weighted by molar-refractivity contribution is -0.130. The van der Waals surface area contributed by atoms with Gasteiger partial charge in [0.1, 0.15) is 10.8 Å². The summed E-state index contributed by atoms with van der Waals surface area (Å²) < 4.78 is 13.7. The smallest absolute Gasteiger partial charge is 0.259 e. The molecule has 4 rings (SSSR count). The maximum Gasteiger partial charge on any atom is 0.259 e. The molecule has 176 valence electrons. The third-order valence-corrected chi connectivity index (χ3v) is 6.30. The minimum atomic E-state index is -0.116. The fourth-order valence-corrected chi connectivity index (χ4v) is 4.33. The number of hydrogen-bond acceptors (Lipinski definition) is 6. The standard InChI is InChI=1S/C26H28N4O3S/c1-6-32-23-14-18(11-12-22(23)33-15-24(31)29(3)4)13-19(26-27-17(2)16-34-26)25-28-20-9-7-8-10-21(20)30(25)5/h7-14,16H,6,15H2,1-5H3/b19-13-. The average molecular weight is 477 g/mol. The van der Waals surface area contributed by atoms with E-state index in [0.29, 0.717) is 18.1 Å². The van der Waals surface area contributed by atoms with Gasteiger partial charge >= 0.3 is 0 Å². The number of carbonyl (C=O) groups is 1. The van der Waals surface area contributed by atoms with Crippen LogP contribution in [-0.2, 0) is 11.8 Å². The Bertz CT molecular complexity index is 1350. The van der Waals surface area contributed by atoms with Gasteiger partial charge in [0.05, 0.1) is 23.2 Å². The van der Waals surface area contributed by atoms with Crippen LogP contribution in [0.2, 0.25) is 0 Å². The van der Waals surface area contributed by atoms with E-state index in [1.807, 2.05) is 62.7 Å². The molecular weight excluding hydrogens is 448 g/mol. The molecule has 0 saturated heterocycles. The molecule has 4 aromatic rings. The number of thiazole rings is 1. The average Bonchev–Trinajstić information content (AvgIpc) is 3.40. The molecule has 2 heterocycles. The summed E-state index contributed by atoms with van der Waals surface area (Å²) in [5.41, 5.74) is 4.80. The van der Waals surface area contributed by atoms with Crippen molar-refractivity contribution in [2.75, 3.05) is 27.3 Å². The minimum Gasteiger partial charge on any atom is -0.490 e. The number of para-hydroxylation sites is 2. The number of hydrogen-bond donors (Lipinski definition) is 0. The van der Waals surface area contributed by atoms with Crippen molar-refractivity contribution in [3.8, 4) is 11.5 Å². The van der Waals surface area contributed by atoms with E-state index in [1.165, 1.54) is 4.90 Å². The molecule has 7 nitrogen and oxygen atoms in total. The summed E-state index contributed by atoms with van der Waals surface area (Å²) >= 11 is 1.59. The first-order chi connectivity index (χ1) is 16.4. The van der Waals surface area contributed by atoms with E-state index in [4.69, 9.17) is 19.4 Å². The molecule has 0 saturated carbocycles. The largest absolute Gasteiger partial charge is 0.490 e. The second-order valence-electron chi connectivity index (χ2n) is 8.05. The van der Waals surface area contributed by atoms with Gasteiger partial charge in [0, 0.05) is 32.2 Å². The van der Waals surface area contributed by atoms with Gasteiger partial charge in [-0.1, -0.05) is 18.2 Å². The van der Waals surface area contributed by atoms with Crippen LogP contribution in [0.15, 0.2) is 47.8 Å². The summed E-state index contributed by atoms with van der Waals surface area (Å²) in [4.78, 5) is 23.1. The van der Waals surface area contributed by atoms with Crippen molar-refractivity contribution in [3.63, 3.8) is 0 Å². The fraction of sp³-hybridized carbons (Fsp3) is 0.269. The number of benzene rings is 2. The zero-order valence-corrected chi connectivity index (χ0v) is 20.8. The maximum atomic E-state index is 12.0. The summed E-state index contributed by atoms with van der Waals surface area (Å²) in [6.07, 6.45) is 2.07. The number of aromatic nitrogens is 3. The summed E-state index contributed by atoms with van der Waals surface area (Å²) in [5, 5.41) is 2.93. The molecule has 0 aliphatic carbocycles. The molecule has 8 heteroatoms. The zero-order chi connectivity index (χ0) is 24.2. The number of fused-ring (bicyclic) bond motifs is 1. The van der Waals surface area contributed by atoms with Crippen LogP contribution in [0.25, 0.3) is 22.7 Å². The van der Waals surface area contributed by atoms with Gasteiger partial charge in [0.25, 0.3) is 5.91 Å². The van der Waals surface area contributed by atoms with Crippen molar-refractivity contribution in [3.05, 3.63) is 69.9 Å². The second kappa shape index (κ2) is 10.1. The van der Waals surface area contributed by atoms with Crippen molar-refractivity contribution in [1.29, 1.82) is 0 Å². The molecule has 0 aliphatic heterocycles. The molecule has 0 unspecified atom stereocenters. The van der Waals surface area contributed by atoms with Gasteiger partial charge in [-0.3, -0.25) is 4.79 Å². The van der Waals surface area contributed by atoms with Crippen molar-refractivity contribution in [2.45, 2.75) is 13.8 Å². The number of rotatable bonds is 8. The fourth-order valence-electron chi connectivity index (χ4n) is 3.52. The van der Waals surface area contributed by atoms with Gasteiger partial charge in [-0.25, -0.2) is 9.97 Å². The molecule has 34 heavy (non-hydrogen) atoms. The van der Waals surface area contributed by atoms with E-state index < -0.39 is 0 Å². The maximum absolute atomic E-state index is 12.0. The monoisotopic (exact) mass is 476 g/mol. The zero-order valence-electron chi connectivity index (χ0n) is 20.0. The van der Waals surface area contributed by atoms with Crippen LogP contribution in [-0.4, -0.2) is 52.7 Å². The Balaban J connectivity index is 1.77. The molecule has 0 fully saturated rings. The number of carbonyl (C=O) groups excluding carboxylic acids is 1. The molecule has 0 radical (unpaired) electrons. The van der Waals surface area contributed by atoms with Gasteiger partial charge < -0.3 is 18.9 Å². The molecule has 0 bridgehead atoms. The van der Waals surface area contributed by atoms with E-state index in [0.717, 1.165) is 38.7 Å². The van der Waals surface area contributed by atoms with Crippen molar-refractivity contribution < 1.29 is 14.3 Å². The highest BCUT2D eigenvalue weighted by atomic mass is 32.1. The van der Waals surface area contributed by atoms with Gasteiger partial charge in [0.2, 0.25) is 0 Å². The summed E-state index contributed by atoms with van der Waals surface area (Å²) in [5.74, 6) is 1.84. The number of ether oxygens (including phenoxy) is 2. The van der Waals surface area contributed by atoms with E-state index in [9.17, 15) is 4.79 Å². The topological polar surface area (TPSA) is 69.5 Å². The first-order valence-corrected chi connectivity index (χ1v) is 11.9. The first-order valence-electron chi connectivity index (χ1n) is 11.0. The Kier molecular flexibility index (Phi) is 6.98. The third-order valence-electron chi connectivity index (χ3n) is 5.31. The lowest BCUT2D eigenvalue weighted by Gasteiger charge is -2.15. The molecule has 2 aromatic heterocycles. The summed E-state index contributed by atoms with van der Waals surface area (Å²) in [6.45, 7) is 4.33. The van der Waals surface area contributed by atoms with E-state index in [2.05, 4.69) is 16.7 Å². The van der Waals surface area contributed by atoms with Crippen LogP contribution in [0, 0.1) is 6.92 Å². The predicted molar refractivity (Wildman–Crippen MR) is 136 cm³/mol. The lowest BCUT2D eigenvalue weighted by Crippen LogP contribution is -2.27. The van der Waals surface area contributed by atoms with Crippen molar-refractivity contribution in [1.82, 2.24) is 19.4 Å². The van der Waals surface area contributed by atoms with Crippen LogP contribution in [0.3, 0.4) is 0 Å². The molecule has 0 N–H and O–H groups in total. The van der Waals surface area contributed by atoms with E-state index in [1.54, 1.807) is 25.4 Å². The lowest BCUT2D eigenvalue weighted by atomic mass is 10.1. The molecule has 1 amide bonds. The Hall–Kier alpha value is -3.65. The molecular formula is C26H28N4O3S. The summed E-state index contributed by atoms with van der Waals surface area (Å²) in [6, 6.07) is 13.8. The quantitative estimate of drug-likeness (QED) is 0.366. The highest BCUT2D eigenvalue weighted by molar-refractivity contribution is 7.11. The van der Waals surface area contributed by atoms with Crippen molar-refractivity contribution in [2.24, 2.45) is 7.05 Å². The number of aryl methyl sites for hydroxylation is 2. The minimum absolute atomic E-state index is 0.0498. The second-order valence-corrected chi connectivity index (χ2v) is 8.91. The number of imidazole rings is 1. The highest BCUT2D eigenvalue weighted by Gasteiger charge is 2.18. The first kappa shape index (κ1) is 23.5. The van der Waals surface area contributed by atoms with Crippen LogP contribution in [0.5, 0.6) is 11.5 Å².